The molecule has 2 heterocycles. The number of thiophene rings is 1. The Kier molecular flexibility index (Phi) is 4.81. The summed E-state index contributed by atoms with van der Waals surface area (Å²) >= 11 is 0.915. The molecule has 0 spiro atoms. The smallest absolute Gasteiger partial charge is 0.248 e. The summed E-state index contributed by atoms with van der Waals surface area (Å²) in [6.45, 7) is 2.60. The molecule has 0 unspecified atom stereocenters. The highest BCUT2D eigenvalue weighted by Gasteiger charge is 2.81. The van der Waals surface area contributed by atoms with E-state index in [9.17, 15) is 30.7 Å². The number of alkyl halides is 6. The molecule has 0 amide bonds. The molecule has 0 radical (unpaired) electrons. The maximum atomic E-state index is 14.2. The summed E-state index contributed by atoms with van der Waals surface area (Å²) in [4.78, 5) is 4.80. The van der Waals surface area contributed by atoms with Crippen molar-refractivity contribution in [1.29, 1.82) is 0 Å². The fourth-order valence-electron chi connectivity index (χ4n) is 3.59. The number of aryl methyl sites for hydroxylation is 1. The van der Waals surface area contributed by atoms with Crippen LogP contribution in [-0.2, 0) is 0 Å². The van der Waals surface area contributed by atoms with E-state index in [2.05, 4.69) is 4.98 Å². The van der Waals surface area contributed by atoms with E-state index in [-0.39, 0.29) is 10.4 Å². The number of halogens is 7. The number of para-hydroxylation sites is 1. The van der Waals surface area contributed by atoms with Gasteiger partial charge >= 0.3 is 17.8 Å². The molecule has 0 N–H and O–H groups in total. The molecule has 1 nitrogen and oxygen atoms in total. The Morgan fingerprint density at radius 3 is 2.19 bits per heavy atom. The molecule has 1 aliphatic carbocycles. The Balaban J connectivity index is 1.77. The maximum absolute atomic E-state index is 14.2. The number of fused-ring (bicyclic) bond motifs is 1. The van der Waals surface area contributed by atoms with Crippen molar-refractivity contribution in [2.45, 2.75) is 31.6 Å². The Bertz CT molecular complexity index is 1250. The third-order valence-electron chi connectivity index (χ3n) is 5.23. The zero-order valence-electron chi connectivity index (χ0n) is 16.1. The van der Waals surface area contributed by atoms with Gasteiger partial charge in [0.1, 0.15) is 0 Å². The van der Waals surface area contributed by atoms with Gasteiger partial charge in [0.15, 0.2) is 5.83 Å². The van der Waals surface area contributed by atoms with Gasteiger partial charge < -0.3 is 0 Å². The second-order valence-electron chi connectivity index (χ2n) is 7.20. The fraction of sp³-hybridized carbons (Fsp3) is 0.227. The normalized spacial score (nSPS) is 19.6. The van der Waals surface area contributed by atoms with E-state index in [1.165, 1.54) is 19.9 Å². The van der Waals surface area contributed by atoms with Crippen molar-refractivity contribution >= 4 is 40.0 Å². The van der Waals surface area contributed by atoms with Crippen LogP contribution in [-0.4, -0.2) is 22.8 Å². The van der Waals surface area contributed by atoms with Crippen molar-refractivity contribution in [1.82, 2.24) is 4.98 Å². The van der Waals surface area contributed by atoms with Gasteiger partial charge in [-0.15, -0.1) is 11.3 Å². The molecule has 2 aromatic heterocycles. The van der Waals surface area contributed by atoms with E-state index < -0.39 is 34.7 Å². The molecule has 0 aliphatic heterocycles. The van der Waals surface area contributed by atoms with Crippen LogP contribution in [0.4, 0.5) is 30.7 Å². The number of pyridine rings is 1. The topological polar surface area (TPSA) is 12.9 Å². The molecule has 0 atom stereocenters. The van der Waals surface area contributed by atoms with E-state index in [4.69, 9.17) is 0 Å². The van der Waals surface area contributed by atoms with Crippen LogP contribution in [0.2, 0.25) is 0 Å². The highest BCUT2D eigenvalue weighted by Crippen LogP contribution is 2.63. The first-order chi connectivity index (χ1) is 14.4. The van der Waals surface area contributed by atoms with Crippen LogP contribution < -0.4 is 0 Å². The zero-order valence-corrected chi connectivity index (χ0v) is 16.9. The summed E-state index contributed by atoms with van der Waals surface area (Å²) in [5, 5.41) is 0.915. The molecule has 9 heteroatoms. The average molecular weight is 457 g/mol. The number of benzene rings is 1. The van der Waals surface area contributed by atoms with E-state index in [1.807, 2.05) is 30.3 Å². The van der Waals surface area contributed by atoms with Gasteiger partial charge in [-0.1, -0.05) is 24.3 Å². The summed E-state index contributed by atoms with van der Waals surface area (Å²) in [5.41, 5.74) is -1.28. The molecular weight excluding hydrogens is 443 g/mol. The van der Waals surface area contributed by atoms with Gasteiger partial charge in [-0.25, -0.2) is 9.37 Å². The molecule has 3 aromatic rings. The van der Waals surface area contributed by atoms with Crippen molar-refractivity contribution in [3.05, 3.63) is 68.8 Å². The van der Waals surface area contributed by atoms with E-state index in [1.54, 1.807) is 12.1 Å². The van der Waals surface area contributed by atoms with Crippen LogP contribution in [0.3, 0.4) is 0 Å². The quantitative estimate of drug-likeness (QED) is 0.368. The fourth-order valence-corrected chi connectivity index (χ4v) is 4.67. The number of hydrogen-bond acceptors (Lipinski definition) is 2. The maximum Gasteiger partial charge on any atom is 0.383 e. The van der Waals surface area contributed by atoms with Crippen molar-refractivity contribution in [3.8, 4) is 0 Å². The van der Waals surface area contributed by atoms with Crippen molar-refractivity contribution in [2.24, 2.45) is 0 Å². The molecule has 162 valence electrons. The van der Waals surface area contributed by atoms with Crippen LogP contribution in [0.5, 0.6) is 0 Å². The monoisotopic (exact) mass is 457 g/mol. The van der Waals surface area contributed by atoms with Crippen molar-refractivity contribution in [2.75, 3.05) is 0 Å². The summed E-state index contributed by atoms with van der Waals surface area (Å²) in [7, 11) is 0. The molecule has 31 heavy (non-hydrogen) atoms. The molecule has 0 fully saturated rings. The van der Waals surface area contributed by atoms with E-state index >= 15 is 0 Å². The van der Waals surface area contributed by atoms with Crippen LogP contribution >= 0.6 is 11.3 Å². The minimum absolute atomic E-state index is 0.0119. The molecule has 1 aliphatic rings. The van der Waals surface area contributed by atoms with E-state index in [0.717, 1.165) is 22.2 Å². The molecule has 0 saturated heterocycles. The van der Waals surface area contributed by atoms with Gasteiger partial charge in [0.25, 0.3) is 0 Å². The van der Waals surface area contributed by atoms with Crippen LogP contribution in [0.25, 0.3) is 28.6 Å². The lowest BCUT2D eigenvalue weighted by Gasteiger charge is -2.24. The van der Waals surface area contributed by atoms with Crippen LogP contribution in [0, 0.1) is 13.8 Å². The standard InChI is InChI=1S/C22H14F7NS/c1-11-16(10-9-14-8-7-13-5-3-4-6-15(13)30-14)31-12(2)17(11)18-19(23)21(26,27)22(28,29)20(18,24)25/h3-10H,1-2H3. The van der Waals surface area contributed by atoms with Crippen LogP contribution in [0.1, 0.15) is 26.6 Å². The number of rotatable bonds is 3. The lowest BCUT2D eigenvalue weighted by atomic mass is 9.97. The first-order valence-corrected chi connectivity index (χ1v) is 9.89. The van der Waals surface area contributed by atoms with Crippen molar-refractivity contribution in [3.63, 3.8) is 0 Å². The SMILES string of the molecule is Cc1sc(C=Cc2ccc3ccccc3n2)c(C)c1C1=C(F)C(F)(F)C(F)(F)C1(F)F. The zero-order chi connectivity index (χ0) is 22.8. The summed E-state index contributed by atoms with van der Waals surface area (Å²) < 4.78 is 97.2. The van der Waals surface area contributed by atoms with Gasteiger partial charge in [0.05, 0.1) is 16.8 Å². The third kappa shape index (κ3) is 3.01. The lowest BCUT2D eigenvalue weighted by molar-refractivity contribution is -0.263. The second-order valence-corrected chi connectivity index (χ2v) is 8.45. The minimum atomic E-state index is -5.86. The molecule has 0 saturated carbocycles. The Morgan fingerprint density at radius 1 is 0.871 bits per heavy atom. The predicted octanol–water partition coefficient (Wildman–Crippen LogP) is 7.68. The first-order valence-electron chi connectivity index (χ1n) is 9.08. The Labute approximate surface area is 176 Å². The molecular formula is C22H14F7NS. The first kappa shape index (κ1) is 21.5. The van der Waals surface area contributed by atoms with Crippen molar-refractivity contribution < 1.29 is 30.7 Å². The predicted molar refractivity (Wildman–Crippen MR) is 107 cm³/mol. The van der Waals surface area contributed by atoms with Gasteiger partial charge in [0, 0.05) is 20.7 Å². The number of allylic oxidation sites excluding steroid dienone is 2. The minimum Gasteiger partial charge on any atom is -0.248 e. The lowest BCUT2D eigenvalue weighted by Crippen LogP contribution is -2.48. The molecule has 0 bridgehead atoms. The molecule has 4 rings (SSSR count). The van der Waals surface area contributed by atoms with Gasteiger partial charge in [0.2, 0.25) is 0 Å². The van der Waals surface area contributed by atoms with Crippen LogP contribution in [0.15, 0.2) is 42.2 Å². The second kappa shape index (κ2) is 6.91. The number of aromatic nitrogens is 1. The summed E-state index contributed by atoms with van der Waals surface area (Å²) in [6.07, 6.45) is 3.09. The average Bonchev–Trinajstić information content (AvgIpc) is 3.03. The van der Waals surface area contributed by atoms with E-state index in [0.29, 0.717) is 10.6 Å². The number of hydrogen-bond donors (Lipinski definition) is 0. The summed E-state index contributed by atoms with van der Waals surface area (Å²) in [5.74, 6) is -19.6. The van der Waals surface area contributed by atoms with Gasteiger partial charge in [-0.05, 0) is 43.7 Å². The molecule has 1 aromatic carbocycles. The Morgan fingerprint density at radius 2 is 1.55 bits per heavy atom. The van der Waals surface area contributed by atoms with Gasteiger partial charge in [-0.3, -0.25) is 0 Å². The number of nitrogens with zero attached hydrogens (tertiary/aromatic N) is 1. The highest BCUT2D eigenvalue weighted by atomic mass is 32.1. The van der Waals surface area contributed by atoms with Gasteiger partial charge in [-0.2, -0.15) is 26.3 Å². The largest absolute Gasteiger partial charge is 0.383 e. The summed E-state index contributed by atoms with van der Waals surface area (Å²) in [6, 6.07) is 10.9. The Hall–Kier alpha value is -2.68. The third-order valence-corrected chi connectivity index (χ3v) is 6.41. The highest BCUT2D eigenvalue weighted by molar-refractivity contribution is 7.13.